The lowest BCUT2D eigenvalue weighted by Gasteiger charge is -2.35. The summed E-state index contributed by atoms with van der Waals surface area (Å²) in [6, 6.07) is 8.89. The average Bonchev–Trinajstić information content (AvgIpc) is 3.01. The van der Waals surface area contributed by atoms with Crippen LogP contribution in [0.3, 0.4) is 0 Å². The normalized spacial score (nSPS) is 18.2. The van der Waals surface area contributed by atoms with Gasteiger partial charge in [0.25, 0.3) is 5.91 Å². The lowest BCUT2D eigenvalue weighted by molar-refractivity contribution is 0.0606. The number of hydrogen-bond donors (Lipinski definition) is 0. The highest BCUT2D eigenvalue weighted by atomic mass is 32.1. The van der Waals surface area contributed by atoms with Crippen LogP contribution in [0.25, 0.3) is 0 Å². The van der Waals surface area contributed by atoms with Crippen molar-refractivity contribution in [2.24, 2.45) is 0 Å². The Kier molecular flexibility index (Phi) is 5.31. The molecule has 1 aliphatic rings. The first kappa shape index (κ1) is 17.1. The van der Waals surface area contributed by atoms with Crippen LogP contribution in [0.2, 0.25) is 0 Å². The minimum Gasteiger partial charge on any atom is -0.330 e. The van der Waals surface area contributed by atoms with Gasteiger partial charge in [0.15, 0.2) is 0 Å². The van der Waals surface area contributed by atoms with Gasteiger partial charge in [0.1, 0.15) is 5.69 Å². The summed E-state index contributed by atoms with van der Waals surface area (Å²) in [6.07, 6.45) is 3.27. The van der Waals surface area contributed by atoms with Gasteiger partial charge < -0.3 is 9.80 Å². The van der Waals surface area contributed by atoms with Crippen molar-refractivity contribution in [3.05, 3.63) is 51.5 Å². The predicted molar refractivity (Wildman–Crippen MR) is 98.3 cm³/mol. The Labute approximate surface area is 148 Å². The minimum atomic E-state index is 0.0708. The van der Waals surface area contributed by atoms with Crippen molar-refractivity contribution in [2.45, 2.75) is 38.8 Å². The first-order valence-corrected chi connectivity index (χ1v) is 9.39. The molecule has 1 atom stereocenters. The van der Waals surface area contributed by atoms with E-state index in [0.717, 1.165) is 30.9 Å². The second-order valence-corrected chi connectivity index (χ2v) is 7.80. The molecule has 0 bridgehead atoms. The fourth-order valence-corrected chi connectivity index (χ4v) is 3.93. The van der Waals surface area contributed by atoms with E-state index in [2.05, 4.69) is 48.2 Å². The van der Waals surface area contributed by atoms with Gasteiger partial charge in [-0.05, 0) is 51.4 Å². The largest absolute Gasteiger partial charge is 0.330 e. The lowest BCUT2D eigenvalue weighted by atomic mass is 9.94. The molecule has 0 unspecified atom stereocenters. The van der Waals surface area contributed by atoms with Gasteiger partial charge in [0.2, 0.25) is 0 Å². The van der Waals surface area contributed by atoms with Crippen molar-refractivity contribution < 1.29 is 4.79 Å². The van der Waals surface area contributed by atoms with Crippen molar-refractivity contribution in [3.63, 3.8) is 0 Å². The Morgan fingerprint density at radius 1 is 1.29 bits per heavy atom. The molecule has 1 amide bonds. The van der Waals surface area contributed by atoms with E-state index in [1.165, 1.54) is 28.9 Å². The van der Waals surface area contributed by atoms with Gasteiger partial charge in [-0.1, -0.05) is 24.3 Å². The summed E-state index contributed by atoms with van der Waals surface area (Å²) in [5, 5.41) is 2.82. The zero-order valence-electron chi connectivity index (χ0n) is 14.7. The average molecular weight is 343 g/mol. The van der Waals surface area contributed by atoms with Crippen LogP contribution in [-0.4, -0.2) is 41.3 Å². The molecule has 0 aliphatic carbocycles. The summed E-state index contributed by atoms with van der Waals surface area (Å²) < 4.78 is 0. The van der Waals surface area contributed by atoms with E-state index in [0.29, 0.717) is 5.69 Å². The van der Waals surface area contributed by atoms with Gasteiger partial charge in [-0.25, -0.2) is 4.98 Å². The molecule has 2 aromatic rings. The molecule has 0 saturated carbocycles. The Morgan fingerprint density at radius 3 is 2.67 bits per heavy atom. The molecule has 0 N–H and O–H groups in total. The number of hydrogen-bond acceptors (Lipinski definition) is 4. The van der Waals surface area contributed by atoms with Gasteiger partial charge in [-0.15, -0.1) is 11.3 Å². The van der Waals surface area contributed by atoms with Crippen LogP contribution >= 0.6 is 11.3 Å². The molecule has 1 aromatic carbocycles. The highest BCUT2D eigenvalue weighted by molar-refractivity contribution is 7.09. The maximum atomic E-state index is 12.9. The molecule has 4 nitrogen and oxygen atoms in total. The molecule has 1 saturated heterocycles. The van der Waals surface area contributed by atoms with Crippen molar-refractivity contribution in [1.29, 1.82) is 0 Å². The molecule has 0 radical (unpaired) electrons. The monoisotopic (exact) mass is 343 g/mol. The number of carbonyl (C=O) groups excluding carboxylic acids is 1. The zero-order valence-corrected chi connectivity index (χ0v) is 15.5. The Morgan fingerprint density at radius 2 is 2.04 bits per heavy atom. The van der Waals surface area contributed by atoms with E-state index >= 15 is 0 Å². The molecule has 1 aromatic heterocycles. The van der Waals surface area contributed by atoms with Gasteiger partial charge >= 0.3 is 0 Å². The molecular formula is C19H25N3OS. The van der Waals surface area contributed by atoms with E-state index in [1.807, 2.05) is 17.2 Å². The lowest BCUT2D eigenvalue weighted by Crippen LogP contribution is -2.38. The highest BCUT2D eigenvalue weighted by Crippen LogP contribution is 2.32. The second kappa shape index (κ2) is 7.45. The third-order valence-corrected chi connectivity index (χ3v) is 5.24. The standard InChI is InChI=1S/C19H25N3OS/c1-14-20-17(13-24-14)19(23)22-11-5-4-6-18(22)16-9-7-15(8-10-16)12-21(2)3/h7-10,13,18H,4-6,11-12H2,1-3H3/t18-/m0/s1. The second-order valence-electron chi connectivity index (χ2n) is 6.74. The number of piperidine rings is 1. The first-order valence-electron chi connectivity index (χ1n) is 8.51. The molecule has 5 heteroatoms. The summed E-state index contributed by atoms with van der Waals surface area (Å²) in [4.78, 5) is 21.4. The number of nitrogens with zero attached hydrogens (tertiary/aromatic N) is 3. The summed E-state index contributed by atoms with van der Waals surface area (Å²) >= 11 is 1.54. The van der Waals surface area contributed by atoms with Gasteiger partial charge in [0, 0.05) is 18.5 Å². The molecule has 2 heterocycles. The van der Waals surface area contributed by atoms with Gasteiger partial charge in [-0.2, -0.15) is 0 Å². The number of likely N-dealkylation sites (tertiary alicyclic amines) is 1. The quantitative estimate of drug-likeness (QED) is 0.845. The summed E-state index contributed by atoms with van der Waals surface area (Å²) in [6.45, 7) is 3.70. The SMILES string of the molecule is Cc1nc(C(=O)N2CCCC[C@H]2c2ccc(CN(C)C)cc2)cs1. The van der Waals surface area contributed by atoms with E-state index in [-0.39, 0.29) is 11.9 Å². The summed E-state index contributed by atoms with van der Waals surface area (Å²) in [5.41, 5.74) is 3.12. The number of amides is 1. The van der Waals surface area contributed by atoms with Crippen LogP contribution in [0.5, 0.6) is 0 Å². The van der Waals surface area contributed by atoms with E-state index in [1.54, 1.807) is 0 Å². The first-order chi connectivity index (χ1) is 11.5. The molecule has 1 fully saturated rings. The van der Waals surface area contributed by atoms with E-state index < -0.39 is 0 Å². The number of thiazole rings is 1. The van der Waals surface area contributed by atoms with Crippen LogP contribution in [0.15, 0.2) is 29.6 Å². The van der Waals surface area contributed by atoms with Crippen LogP contribution in [0.1, 0.15) is 51.9 Å². The molecule has 24 heavy (non-hydrogen) atoms. The predicted octanol–water partition coefficient (Wildman–Crippen LogP) is 3.88. The smallest absolute Gasteiger partial charge is 0.273 e. The fourth-order valence-electron chi connectivity index (χ4n) is 3.34. The molecule has 1 aliphatic heterocycles. The maximum Gasteiger partial charge on any atom is 0.273 e. The number of rotatable bonds is 4. The van der Waals surface area contributed by atoms with Crippen molar-refractivity contribution in [3.8, 4) is 0 Å². The number of aromatic nitrogens is 1. The number of aryl methyl sites for hydroxylation is 1. The summed E-state index contributed by atoms with van der Waals surface area (Å²) in [5.74, 6) is 0.0708. The van der Waals surface area contributed by atoms with E-state index in [9.17, 15) is 4.79 Å². The van der Waals surface area contributed by atoms with Crippen molar-refractivity contribution >= 4 is 17.2 Å². The third kappa shape index (κ3) is 3.84. The molecular weight excluding hydrogens is 318 g/mol. The minimum absolute atomic E-state index is 0.0708. The Bertz CT molecular complexity index is 693. The molecule has 3 rings (SSSR count). The van der Waals surface area contributed by atoms with Crippen molar-refractivity contribution in [1.82, 2.24) is 14.8 Å². The molecule has 0 spiro atoms. The van der Waals surface area contributed by atoms with Crippen LogP contribution in [-0.2, 0) is 6.54 Å². The fraction of sp³-hybridized carbons (Fsp3) is 0.474. The highest BCUT2D eigenvalue weighted by Gasteiger charge is 2.29. The third-order valence-electron chi connectivity index (χ3n) is 4.47. The van der Waals surface area contributed by atoms with Crippen molar-refractivity contribution in [2.75, 3.05) is 20.6 Å². The van der Waals surface area contributed by atoms with Crippen LogP contribution in [0.4, 0.5) is 0 Å². The maximum absolute atomic E-state index is 12.9. The topological polar surface area (TPSA) is 36.4 Å². The summed E-state index contributed by atoms with van der Waals surface area (Å²) in [7, 11) is 4.15. The van der Waals surface area contributed by atoms with E-state index in [4.69, 9.17) is 0 Å². The number of carbonyl (C=O) groups is 1. The zero-order chi connectivity index (χ0) is 17.1. The van der Waals surface area contributed by atoms with Gasteiger partial charge in [-0.3, -0.25) is 4.79 Å². The Balaban J connectivity index is 1.80. The van der Waals surface area contributed by atoms with Crippen LogP contribution < -0.4 is 0 Å². The Hall–Kier alpha value is -1.72. The number of benzene rings is 1. The molecule has 128 valence electrons. The van der Waals surface area contributed by atoms with Crippen LogP contribution in [0, 0.1) is 6.92 Å². The van der Waals surface area contributed by atoms with Gasteiger partial charge in [0.05, 0.1) is 11.0 Å².